The van der Waals surface area contributed by atoms with Crippen molar-refractivity contribution in [3.8, 4) is 0 Å². The lowest BCUT2D eigenvalue weighted by atomic mass is 10.0. The third-order valence-corrected chi connectivity index (χ3v) is 13.0. The lowest BCUT2D eigenvalue weighted by Crippen LogP contribution is -2.45. The van der Waals surface area contributed by atoms with E-state index < -0.39 is 12.1 Å². The quantitative estimate of drug-likeness (QED) is 0.0422. The number of hydrogen-bond acceptors (Lipinski definition) is 3. The summed E-state index contributed by atoms with van der Waals surface area (Å²) in [6, 6.07) is -0.543. The third-order valence-electron chi connectivity index (χ3n) is 13.0. The molecule has 60 heavy (non-hydrogen) atoms. The Labute approximate surface area is 377 Å². The highest BCUT2D eigenvalue weighted by Gasteiger charge is 2.20. The maximum atomic E-state index is 12.4. The van der Waals surface area contributed by atoms with Crippen molar-refractivity contribution in [3.05, 3.63) is 24.3 Å². The zero-order valence-electron chi connectivity index (χ0n) is 41.0. The van der Waals surface area contributed by atoms with Crippen LogP contribution in [0, 0.1) is 0 Å². The van der Waals surface area contributed by atoms with Crippen LogP contribution >= 0.6 is 0 Å². The average Bonchev–Trinajstić information content (AvgIpc) is 3.25. The molecular formula is C56H109NO3. The van der Waals surface area contributed by atoms with Gasteiger partial charge in [0.05, 0.1) is 18.8 Å². The predicted octanol–water partition coefficient (Wildman–Crippen LogP) is 17.9. The zero-order chi connectivity index (χ0) is 43.5. The Morgan fingerprint density at radius 3 is 1.03 bits per heavy atom. The molecule has 0 aliphatic rings. The molecule has 4 heteroatoms. The number of carbonyl (C=O) groups is 1. The van der Waals surface area contributed by atoms with Crippen LogP contribution in [0.5, 0.6) is 0 Å². The van der Waals surface area contributed by atoms with Gasteiger partial charge in [-0.3, -0.25) is 4.79 Å². The molecule has 2 unspecified atom stereocenters. The molecule has 0 aromatic carbocycles. The Morgan fingerprint density at radius 2 is 0.683 bits per heavy atom. The Balaban J connectivity index is 3.39. The monoisotopic (exact) mass is 844 g/mol. The highest BCUT2D eigenvalue weighted by molar-refractivity contribution is 5.76. The molecule has 0 bridgehead atoms. The van der Waals surface area contributed by atoms with Gasteiger partial charge in [0.2, 0.25) is 5.91 Å². The van der Waals surface area contributed by atoms with Crippen LogP contribution in [0.25, 0.3) is 0 Å². The standard InChI is InChI=1S/C56H109NO3/c1-3-5-7-9-11-13-15-17-19-20-21-22-23-24-25-26-27-28-29-30-31-32-33-34-35-36-38-39-41-43-45-47-49-51-55(59)54(53-58)57-56(60)52-50-48-46-44-42-40-37-18-16-14-12-10-8-6-4-2/h12,14,18,37,54-55,58-59H,3-11,13,15-17,19-36,38-53H2,1-2H3,(H,57,60)/b14-12-,37-18-. The van der Waals surface area contributed by atoms with Crippen molar-refractivity contribution in [2.24, 2.45) is 0 Å². The maximum absolute atomic E-state index is 12.4. The highest BCUT2D eigenvalue weighted by atomic mass is 16.3. The molecule has 3 N–H and O–H groups in total. The number of amides is 1. The van der Waals surface area contributed by atoms with Gasteiger partial charge in [-0.2, -0.15) is 0 Å². The molecule has 4 nitrogen and oxygen atoms in total. The summed E-state index contributed by atoms with van der Waals surface area (Å²) in [5.74, 6) is -0.0417. The van der Waals surface area contributed by atoms with Gasteiger partial charge in [0, 0.05) is 6.42 Å². The molecule has 0 heterocycles. The van der Waals surface area contributed by atoms with Crippen LogP contribution in [-0.4, -0.2) is 34.9 Å². The number of carbonyl (C=O) groups excluding carboxylic acids is 1. The molecule has 0 saturated carbocycles. The van der Waals surface area contributed by atoms with Crippen molar-refractivity contribution < 1.29 is 15.0 Å². The summed E-state index contributed by atoms with van der Waals surface area (Å²) in [6.45, 7) is 4.35. The molecule has 0 rings (SSSR count). The van der Waals surface area contributed by atoms with Crippen molar-refractivity contribution in [1.82, 2.24) is 5.32 Å². The fourth-order valence-corrected chi connectivity index (χ4v) is 8.75. The first kappa shape index (κ1) is 58.9. The van der Waals surface area contributed by atoms with E-state index in [1.165, 1.54) is 238 Å². The van der Waals surface area contributed by atoms with Crippen LogP contribution in [0.15, 0.2) is 24.3 Å². The van der Waals surface area contributed by atoms with Gasteiger partial charge in [-0.15, -0.1) is 0 Å². The van der Waals surface area contributed by atoms with Crippen molar-refractivity contribution in [2.75, 3.05) is 6.61 Å². The second kappa shape index (κ2) is 52.2. The number of allylic oxidation sites excluding steroid dienone is 4. The van der Waals surface area contributed by atoms with Crippen LogP contribution in [0.1, 0.15) is 309 Å². The highest BCUT2D eigenvalue weighted by Crippen LogP contribution is 2.18. The Kier molecular flexibility index (Phi) is 51.2. The van der Waals surface area contributed by atoms with Crippen molar-refractivity contribution in [1.29, 1.82) is 0 Å². The number of hydrogen-bond donors (Lipinski definition) is 3. The molecule has 1 amide bonds. The average molecular weight is 844 g/mol. The van der Waals surface area contributed by atoms with Crippen LogP contribution in [-0.2, 0) is 4.79 Å². The van der Waals surface area contributed by atoms with Crippen molar-refractivity contribution in [2.45, 2.75) is 321 Å². The summed E-state index contributed by atoms with van der Waals surface area (Å²) in [7, 11) is 0. The van der Waals surface area contributed by atoms with E-state index in [9.17, 15) is 15.0 Å². The SMILES string of the molecule is CCCCC/C=C\C/C=C\CCCCCCCC(=O)NC(CO)C(O)CCCCCCCCCCCCCCCCCCCCCCCCCCCCCCCCCCC. The molecule has 0 fully saturated rings. The first-order valence-corrected chi connectivity index (χ1v) is 27.5. The van der Waals surface area contributed by atoms with E-state index in [0.717, 1.165) is 44.9 Å². The lowest BCUT2D eigenvalue weighted by Gasteiger charge is -2.22. The van der Waals surface area contributed by atoms with E-state index in [0.29, 0.717) is 12.8 Å². The Bertz CT molecular complexity index is 871. The van der Waals surface area contributed by atoms with Crippen LogP contribution in [0.3, 0.4) is 0 Å². The molecule has 356 valence electrons. The van der Waals surface area contributed by atoms with E-state index in [2.05, 4.69) is 43.5 Å². The Morgan fingerprint density at radius 1 is 0.400 bits per heavy atom. The molecule has 0 aromatic rings. The van der Waals surface area contributed by atoms with Gasteiger partial charge >= 0.3 is 0 Å². The zero-order valence-corrected chi connectivity index (χ0v) is 41.0. The van der Waals surface area contributed by atoms with Gasteiger partial charge < -0.3 is 15.5 Å². The number of aliphatic hydroxyl groups is 2. The smallest absolute Gasteiger partial charge is 0.220 e. The molecular weight excluding hydrogens is 735 g/mol. The van der Waals surface area contributed by atoms with Gasteiger partial charge in [0.1, 0.15) is 0 Å². The topological polar surface area (TPSA) is 69.6 Å². The lowest BCUT2D eigenvalue weighted by molar-refractivity contribution is -0.123. The van der Waals surface area contributed by atoms with Crippen LogP contribution < -0.4 is 5.32 Å². The van der Waals surface area contributed by atoms with E-state index >= 15 is 0 Å². The minimum Gasteiger partial charge on any atom is -0.394 e. The molecule has 0 saturated heterocycles. The minimum absolute atomic E-state index is 0.0417. The van der Waals surface area contributed by atoms with Crippen LogP contribution in [0.2, 0.25) is 0 Å². The predicted molar refractivity (Wildman–Crippen MR) is 267 cm³/mol. The summed E-state index contributed by atoms with van der Waals surface area (Å²) in [5.41, 5.74) is 0. The van der Waals surface area contributed by atoms with Crippen LogP contribution in [0.4, 0.5) is 0 Å². The van der Waals surface area contributed by atoms with E-state index in [4.69, 9.17) is 0 Å². The number of unbranched alkanes of at least 4 members (excludes halogenated alkanes) is 40. The Hall–Kier alpha value is -1.13. The minimum atomic E-state index is -0.665. The maximum Gasteiger partial charge on any atom is 0.220 e. The van der Waals surface area contributed by atoms with E-state index in [1.54, 1.807) is 0 Å². The van der Waals surface area contributed by atoms with Gasteiger partial charge in [-0.1, -0.05) is 282 Å². The summed E-state index contributed by atoms with van der Waals surface area (Å²) in [6.07, 6.45) is 68.9. The molecule has 0 spiro atoms. The number of rotatable bonds is 51. The van der Waals surface area contributed by atoms with E-state index in [-0.39, 0.29) is 12.5 Å². The second-order valence-electron chi connectivity index (χ2n) is 19.0. The van der Waals surface area contributed by atoms with Gasteiger partial charge in [0.25, 0.3) is 0 Å². The van der Waals surface area contributed by atoms with Gasteiger partial charge in [-0.05, 0) is 44.9 Å². The summed E-state index contributed by atoms with van der Waals surface area (Å²) in [4.78, 5) is 12.4. The first-order chi connectivity index (χ1) is 29.7. The largest absolute Gasteiger partial charge is 0.394 e. The summed E-state index contributed by atoms with van der Waals surface area (Å²) >= 11 is 0. The fourth-order valence-electron chi connectivity index (χ4n) is 8.75. The first-order valence-electron chi connectivity index (χ1n) is 27.5. The fraction of sp³-hybridized carbons (Fsp3) is 0.911. The molecule has 2 atom stereocenters. The second-order valence-corrected chi connectivity index (χ2v) is 19.0. The molecule has 0 aliphatic heterocycles. The molecule has 0 aliphatic carbocycles. The molecule has 0 aromatic heterocycles. The summed E-state index contributed by atoms with van der Waals surface area (Å²) in [5, 5.41) is 23.3. The van der Waals surface area contributed by atoms with Crippen molar-refractivity contribution in [3.63, 3.8) is 0 Å². The molecule has 0 radical (unpaired) electrons. The van der Waals surface area contributed by atoms with E-state index in [1.807, 2.05) is 0 Å². The van der Waals surface area contributed by atoms with Crippen molar-refractivity contribution >= 4 is 5.91 Å². The number of nitrogens with one attached hydrogen (secondary N) is 1. The number of aliphatic hydroxyl groups excluding tert-OH is 2. The summed E-state index contributed by atoms with van der Waals surface area (Å²) < 4.78 is 0. The third kappa shape index (κ3) is 47.9. The van der Waals surface area contributed by atoms with Gasteiger partial charge in [0.15, 0.2) is 0 Å². The van der Waals surface area contributed by atoms with Gasteiger partial charge in [-0.25, -0.2) is 0 Å². The normalized spacial score (nSPS) is 12.9.